The van der Waals surface area contributed by atoms with Gasteiger partial charge in [0.1, 0.15) is 6.10 Å². The van der Waals surface area contributed by atoms with Gasteiger partial charge >= 0.3 is 5.97 Å². The number of rotatable bonds is 2. The third kappa shape index (κ3) is 3.21. The highest BCUT2D eigenvalue weighted by Gasteiger charge is 2.28. The molecule has 0 aromatic carbocycles. The second-order valence-corrected chi connectivity index (χ2v) is 5.21. The molecule has 0 radical (unpaired) electrons. The van der Waals surface area contributed by atoms with Gasteiger partial charge in [0.05, 0.1) is 12.0 Å². The summed E-state index contributed by atoms with van der Waals surface area (Å²) in [5.41, 5.74) is 0. The van der Waals surface area contributed by atoms with Crippen LogP contribution in [0.4, 0.5) is 0 Å². The predicted molar refractivity (Wildman–Crippen MR) is 60.9 cm³/mol. The number of aliphatic hydroxyl groups excluding tert-OH is 1. The van der Waals surface area contributed by atoms with Crippen molar-refractivity contribution in [2.45, 2.75) is 70.0 Å². The Morgan fingerprint density at radius 2 is 1.75 bits per heavy atom. The highest BCUT2D eigenvalue weighted by atomic mass is 16.5. The van der Waals surface area contributed by atoms with E-state index in [1.54, 1.807) is 0 Å². The lowest BCUT2D eigenvalue weighted by Crippen LogP contribution is -2.31. The molecule has 0 aromatic heterocycles. The van der Waals surface area contributed by atoms with Crippen molar-refractivity contribution in [2.24, 2.45) is 5.92 Å². The summed E-state index contributed by atoms with van der Waals surface area (Å²) >= 11 is 0. The molecule has 0 amide bonds. The second-order valence-electron chi connectivity index (χ2n) is 5.21. The van der Waals surface area contributed by atoms with Gasteiger partial charge < -0.3 is 9.84 Å². The van der Waals surface area contributed by atoms with E-state index in [1.165, 1.54) is 6.42 Å². The summed E-state index contributed by atoms with van der Waals surface area (Å²) in [4.78, 5) is 11.9. The summed E-state index contributed by atoms with van der Waals surface area (Å²) in [5, 5.41) is 9.51. The van der Waals surface area contributed by atoms with Gasteiger partial charge in [0, 0.05) is 6.42 Å². The highest BCUT2D eigenvalue weighted by Crippen LogP contribution is 2.27. The zero-order valence-electron chi connectivity index (χ0n) is 9.86. The second kappa shape index (κ2) is 5.67. The number of aliphatic hydroxyl groups is 1. The Balaban J connectivity index is 1.77. The number of carbonyl (C=O) groups excluding carboxylic acids is 1. The lowest BCUT2D eigenvalue weighted by atomic mass is 9.89. The van der Waals surface area contributed by atoms with E-state index in [1.807, 2.05) is 0 Å². The van der Waals surface area contributed by atoms with Crippen molar-refractivity contribution < 1.29 is 14.6 Å². The van der Waals surface area contributed by atoms with E-state index in [9.17, 15) is 9.90 Å². The summed E-state index contributed by atoms with van der Waals surface area (Å²) < 4.78 is 5.50. The van der Waals surface area contributed by atoms with Crippen LogP contribution < -0.4 is 0 Å². The molecule has 0 aliphatic heterocycles. The average molecular weight is 226 g/mol. The number of hydrogen-bond acceptors (Lipinski definition) is 3. The smallest absolute Gasteiger partial charge is 0.309 e. The van der Waals surface area contributed by atoms with Crippen LogP contribution in [0.2, 0.25) is 0 Å². The fourth-order valence-corrected chi connectivity index (χ4v) is 2.83. The lowest BCUT2D eigenvalue weighted by molar-refractivity contribution is -0.158. The third-order valence-electron chi connectivity index (χ3n) is 3.82. The van der Waals surface area contributed by atoms with E-state index in [0.717, 1.165) is 44.9 Å². The van der Waals surface area contributed by atoms with Gasteiger partial charge in [0.2, 0.25) is 0 Å². The van der Waals surface area contributed by atoms with Crippen LogP contribution in [-0.4, -0.2) is 23.3 Å². The number of ether oxygens (including phenoxy) is 1. The molecule has 2 aliphatic carbocycles. The summed E-state index contributed by atoms with van der Waals surface area (Å²) in [6.45, 7) is 0. The summed E-state index contributed by atoms with van der Waals surface area (Å²) in [5.74, 6) is 0.117. The normalized spacial score (nSPS) is 32.3. The molecule has 0 spiro atoms. The highest BCUT2D eigenvalue weighted by molar-refractivity contribution is 5.72. The molecule has 3 heteroatoms. The van der Waals surface area contributed by atoms with Crippen LogP contribution >= 0.6 is 0 Å². The SMILES string of the molecule is O=C(OC1CCCC(O)C1)C1CCCCC1. The molecular formula is C13H22O3. The summed E-state index contributed by atoms with van der Waals surface area (Å²) in [6.07, 6.45) is 8.67. The first-order valence-electron chi connectivity index (χ1n) is 6.64. The molecular weight excluding hydrogens is 204 g/mol. The first-order valence-corrected chi connectivity index (χ1v) is 6.64. The first-order chi connectivity index (χ1) is 7.75. The molecule has 0 saturated heterocycles. The van der Waals surface area contributed by atoms with Crippen LogP contribution in [0.5, 0.6) is 0 Å². The molecule has 3 nitrogen and oxygen atoms in total. The maximum absolute atomic E-state index is 11.9. The molecule has 2 rings (SSSR count). The van der Waals surface area contributed by atoms with Crippen LogP contribution in [0.3, 0.4) is 0 Å². The van der Waals surface area contributed by atoms with E-state index in [4.69, 9.17) is 4.74 Å². The molecule has 92 valence electrons. The average Bonchev–Trinajstić information content (AvgIpc) is 2.30. The fraction of sp³-hybridized carbons (Fsp3) is 0.923. The minimum absolute atomic E-state index is 0.0150. The minimum Gasteiger partial charge on any atom is -0.462 e. The Kier molecular flexibility index (Phi) is 4.22. The zero-order valence-corrected chi connectivity index (χ0v) is 9.86. The topological polar surface area (TPSA) is 46.5 Å². The molecule has 0 heterocycles. The molecule has 1 N–H and O–H groups in total. The molecule has 2 aliphatic rings. The maximum Gasteiger partial charge on any atom is 0.309 e. The Morgan fingerprint density at radius 3 is 2.44 bits per heavy atom. The van der Waals surface area contributed by atoms with Crippen molar-refractivity contribution >= 4 is 5.97 Å². The molecule has 0 bridgehead atoms. The van der Waals surface area contributed by atoms with Gasteiger partial charge in [-0.2, -0.15) is 0 Å². The molecule has 16 heavy (non-hydrogen) atoms. The third-order valence-corrected chi connectivity index (χ3v) is 3.82. The van der Waals surface area contributed by atoms with Crippen molar-refractivity contribution in [3.63, 3.8) is 0 Å². The molecule has 2 atom stereocenters. The molecule has 2 saturated carbocycles. The molecule has 2 fully saturated rings. The molecule has 0 aromatic rings. The first kappa shape index (κ1) is 11.9. The maximum atomic E-state index is 11.9. The van der Waals surface area contributed by atoms with Gasteiger partial charge in [0.25, 0.3) is 0 Å². The standard InChI is InChI=1S/C13H22O3/c14-11-7-4-8-12(9-11)16-13(15)10-5-2-1-3-6-10/h10-12,14H,1-9H2. The Labute approximate surface area is 97.2 Å². The van der Waals surface area contributed by atoms with Gasteiger partial charge in [-0.25, -0.2) is 0 Å². The Hall–Kier alpha value is -0.570. The van der Waals surface area contributed by atoms with Crippen molar-refractivity contribution in [1.29, 1.82) is 0 Å². The van der Waals surface area contributed by atoms with Gasteiger partial charge in [-0.05, 0) is 32.1 Å². The largest absolute Gasteiger partial charge is 0.462 e. The predicted octanol–water partition coefficient (Wildman–Crippen LogP) is 2.41. The van der Waals surface area contributed by atoms with E-state index >= 15 is 0 Å². The van der Waals surface area contributed by atoms with E-state index < -0.39 is 0 Å². The summed E-state index contributed by atoms with van der Waals surface area (Å²) in [7, 11) is 0. The minimum atomic E-state index is -0.266. The van der Waals surface area contributed by atoms with Crippen LogP contribution in [0.25, 0.3) is 0 Å². The van der Waals surface area contributed by atoms with Crippen LogP contribution in [0.15, 0.2) is 0 Å². The van der Waals surface area contributed by atoms with Crippen LogP contribution in [0.1, 0.15) is 57.8 Å². The van der Waals surface area contributed by atoms with E-state index in [2.05, 4.69) is 0 Å². The van der Waals surface area contributed by atoms with E-state index in [0.29, 0.717) is 6.42 Å². The number of carbonyl (C=O) groups is 1. The Morgan fingerprint density at radius 1 is 1.00 bits per heavy atom. The van der Waals surface area contributed by atoms with E-state index in [-0.39, 0.29) is 24.1 Å². The van der Waals surface area contributed by atoms with Crippen LogP contribution in [-0.2, 0) is 9.53 Å². The van der Waals surface area contributed by atoms with Gasteiger partial charge in [-0.3, -0.25) is 4.79 Å². The van der Waals surface area contributed by atoms with Crippen LogP contribution in [0, 0.1) is 5.92 Å². The number of hydrogen-bond donors (Lipinski definition) is 1. The van der Waals surface area contributed by atoms with Gasteiger partial charge in [0.15, 0.2) is 0 Å². The molecule has 2 unspecified atom stereocenters. The Bertz CT molecular complexity index is 233. The zero-order chi connectivity index (χ0) is 11.4. The summed E-state index contributed by atoms with van der Waals surface area (Å²) in [6, 6.07) is 0. The van der Waals surface area contributed by atoms with Crippen molar-refractivity contribution in [3.05, 3.63) is 0 Å². The lowest BCUT2D eigenvalue weighted by Gasteiger charge is -2.28. The number of esters is 1. The van der Waals surface area contributed by atoms with Crippen molar-refractivity contribution in [3.8, 4) is 0 Å². The monoisotopic (exact) mass is 226 g/mol. The quantitative estimate of drug-likeness (QED) is 0.735. The van der Waals surface area contributed by atoms with Gasteiger partial charge in [-0.15, -0.1) is 0 Å². The van der Waals surface area contributed by atoms with Crippen molar-refractivity contribution in [2.75, 3.05) is 0 Å². The van der Waals surface area contributed by atoms with Gasteiger partial charge in [-0.1, -0.05) is 19.3 Å². The van der Waals surface area contributed by atoms with Crippen molar-refractivity contribution in [1.82, 2.24) is 0 Å². The fourth-order valence-electron chi connectivity index (χ4n) is 2.83.